The Morgan fingerprint density at radius 3 is 0.878 bits per heavy atom. The molecule has 2 heterocycles. The van der Waals surface area contributed by atoms with Crippen LogP contribution >= 0.6 is 0 Å². The van der Waals surface area contributed by atoms with E-state index in [-0.39, 0.29) is 17.1 Å². The van der Waals surface area contributed by atoms with Crippen LogP contribution in [0.15, 0.2) is 72.8 Å². The van der Waals surface area contributed by atoms with E-state index >= 15 is 0 Å². The van der Waals surface area contributed by atoms with Crippen molar-refractivity contribution in [2.24, 2.45) is 11.7 Å². The van der Waals surface area contributed by atoms with Crippen LogP contribution in [-0.4, -0.2) is 43.8 Å². The van der Waals surface area contributed by atoms with Gasteiger partial charge in [0.05, 0.1) is 32.4 Å². The van der Waals surface area contributed by atoms with E-state index in [9.17, 15) is 19.2 Å². The average molecular weight is 612 g/mol. The maximum absolute atomic E-state index is 11.8. The molecule has 0 saturated heterocycles. The Balaban J connectivity index is 0.000000224. The first-order chi connectivity index (χ1) is 18.9. The summed E-state index contributed by atoms with van der Waals surface area (Å²) in [5.41, 5.74) is 1.93. The van der Waals surface area contributed by atoms with Crippen molar-refractivity contribution in [1.29, 1.82) is 0 Å². The summed E-state index contributed by atoms with van der Waals surface area (Å²) in [5, 5.41) is 34.0. The monoisotopic (exact) mass is 611 g/mol. The molecule has 0 unspecified atom stereocenters. The van der Waals surface area contributed by atoms with Gasteiger partial charge >= 0.3 is 17.1 Å². The van der Waals surface area contributed by atoms with Crippen molar-refractivity contribution in [1.82, 2.24) is 10.0 Å². The standard InChI is InChI=1S/2C12H8N2O2.Cu.2NO3/c2*13-14-11(15)8-5-1-3-7-4-2-6-9(10(7)8)12(14)16;;2*2-1(3)4/h2*1-6H,13H2;;;/q;;+2;2*-1. The van der Waals surface area contributed by atoms with Crippen LogP contribution in [0.1, 0.15) is 41.4 Å². The van der Waals surface area contributed by atoms with Crippen molar-refractivity contribution >= 4 is 45.2 Å². The molecule has 4 N–H and O–H groups in total. The zero-order valence-electron chi connectivity index (χ0n) is 20.3. The minimum atomic E-state index is -1.75. The topological polar surface area (TPSA) is 259 Å². The Kier molecular flexibility index (Phi) is 10.1. The number of hydrogen-bond acceptors (Lipinski definition) is 12. The van der Waals surface area contributed by atoms with Crippen molar-refractivity contribution in [2.45, 2.75) is 0 Å². The number of rotatable bonds is 0. The van der Waals surface area contributed by atoms with E-state index in [1.54, 1.807) is 48.5 Å². The van der Waals surface area contributed by atoms with Gasteiger partial charge in [-0.25, -0.2) is 21.7 Å². The molecule has 41 heavy (non-hydrogen) atoms. The number of hydrogen-bond donors (Lipinski definition) is 2. The van der Waals surface area contributed by atoms with E-state index in [1.165, 1.54) is 0 Å². The molecule has 1 radical (unpaired) electrons. The molecular weight excluding hydrogens is 596 g/mol. The van der Waals surface area contributed by atoms with Gasteiger partial charge in [-0.3, -0.25) is 19.2 Å². The normalized spacial score (nSPS) is 12.6. The Morgan fingerprint density at radius 2 is 0.683 bits per heavy atom. The minimum Gasteiger partial charge on any atom is -0.356 e. The molecule has 0 bridgehead atoms. The Morgan fingerprint density at radius 1 is 0.488 bits per heavy atom. The molecule has 17 heteroatoms. The number of amides is 4. The van der Waals surface area contributed by atoms with Crippen LogP contribution in [0, 0.1) is 30.6 Å². The molecule has 4 aromatic carbocycles. The molecule has 0 fully saturated rings. The molecule has 4 aromatic rings. The van der Waals surface area contributed by atoms with Gasteiger partial charge < -0.3 is 30.6 Å². The summed E-state index contributed by atoms with van der Waals surface area (Å²) < 4.78 is 0. The van der Waals surface area contributed by atoms with Gasteiger partial charge in [0.25, 0.3) is 23.6 Å². The summed E-state index contributed by atoms with van der Waals surface area (Å²) in [6.07, 6.45) is 0. The van der Waals surface area contributed by atoms with E-state index in [0.717, 1.165) is 10.8 Å². The third-order valence-electron chi connectivity index (χ3n) is 5.61. The summed E-state index contributed by atoms with van der Waals surface area (Å²) in [6.45, 7) is 0. The summed E-state index contributed by atoms with van der Waals surface area (Å²) in [4.78, 5) is 63.7. The van der Waals surface area contributed by atoms with Crippen molar-refractivity contribution in [3.05, 3.63) is 126 Å². The second-order valence-electron chi connectivity index (χ2n) is 7.83. The molecule has 0 aromatic heterocycles. The van der Waals surface area contributed by atoms with E-state index in [1.807, 2.05) is 24.3 Å². The van der Waals surface area contributed by atoms with Gasteiger partial charge in [0.2, 0.25) is 0 Å². The van der Waals surface area contributed by atoms with Gasteiger partial charge in [0.1, 0.15) is 0 Å². The van der Waals surface area contributed by atoms with Gasteiger partial charge in [0, 0.05) is 10.8 Å². The fraction of sp³-hybridized carbons (Fsp3) is 0. The first-order valence-corrected chi connectivity index (χ1v) is 10.8. The van der Waals surface area contributed by atoms with Crippen molar-refractivity contribution in [2.75, 3.05) is 0 Å². The van der Waals surface area contributed by atoms with Gasteiger partial charge in [0.15, 0.2) is 0 Å². The average Bonchev–Trinajstić information content (AvgIpc) is 2.92. The zero-order chi connectivity index (χ0) is 29.7. The summed E-state index contributed by atoms with van der Waals surface area (Å²) in [6, 6.07) is 21.3. The molecule has 2 aliphatic rings. The maximum atomic E-state index is 11.8. The third-order valence-corrected chi connectivity index (χ3v) is 5.61. The van der Waals surface area contributed by atoms with Gasteiger partial charge in [-0.05, 0) is 35.0 Å². The summed E-state index contributed by atoms with van der Waals surface area (Å²) in [7, 11) is 0. The Bertz CT molecular complexity index is 1480. The predicted octanol–water partition coefficient (Wildman–Crippen LogP) is 2.14. The van der Waals surface area contributed by atoms with E-state index in [4.69, 9.17) is 42.3 Å². The Labute approximate surface area is 239 Å². The van der Waals surface area contributed by atoms with Crippen molar-refractivity contribution < 1.29 is 46.4 Å². The molecule has 0 saturated carbocycles. The number of carbonyl (C=O) groups excluding carboxylic acids is 4. The van der Waals surface area contributed by atoms with Gasteiger partial charge in [-0.15, -0.1) is 0 Å². The van der Waals surface area contributed by atoms with E-state index in [0.29, 0.717) is 43.0 Å². The number of imide groups is 2. The summed E-state index contributed by atoms with van der Waals surface area (Å²) in [5.74, 6) is 9.09. The SMILES string of the molecule is NN1C(=O)c2cccc3cccc(c23)C1=O.NN1C(=O)c2cccc3cccc(c23)C1=O.O=[N+]([O-])[O-].O=[N+]([O-])[O-].[Cu+2]. The second kappa shape index (κ2) is 13.0. The zero-order valence-corrected chi connectivity index (χ0v) is 21.2. The van der Waals surface area contributed by atoms with Crippen LogP contribution in [0.3, 0.4) is 0 Å². The molecule has 0 spiro atoms. The maximum Gasteiger partial charge on any atom is 2.00 e. The van der Waals surface area contributed by atoms with Gasteiger partial charge in [-0.2, -0.15) is 0 Å². The largest absolute Gasteiger partial charge is 2.00 e. The quantitative estimate of drug-likeness (QED) is 0.0723. The Hall–Kier alpha value is -5.48. The molecule has 6 rings (SSSR count). The number of benzene rings is 4. The number of hydrazine groups is 2. The van der Waals surface area contributed by atoms with Crippen LogP contribution in [0.5, 0.6) is 0 Å². The minimum absolute atomic E-state index is 0. The van der Waals surface area contributed by atoms with Crippen LogP contribution < -0.4 is 11.7 Å². The van der Waals surface area contributed by atoms with Gasteiger partial charge in [-0.1, -0.05) is 48.5 Å². The van der Waals surface area contributed by atoms with Crippen molar-refractivity contribution in [3.63, 3.8) is 0 Å². The smallest absolute Gasteiger partial charge is 0.356 e. The van der Waals surface area contributed by atoms with Crippen LogP contribution in [0.2, 0.25) is 0 Å². The molecule has 0 atom stereocenters. The van der Waals surface area contributed by atoms with Crippen molar-refractivity contribution in [3.8, 4) is 0 Å². The fourth-order valence-corrected chi connectivity index (χ4v) is 4.10. The fourth-order valence-electron chi connectivity index (χ4n) is 4.10. The molecule has 0 aliphatic carbocycles. The first-order valence-electron chi connectivity index (χ1n) is 10.8. The van der Waals surface area contributed by atoms with Crippen LogP contribution in [0.4, 0.5) is 0 Å². The summed E-state index contributed by atoms with van der Waals surface area (Å²) >= 11 is 0. The first kappa shape index (κ1) is 31.7. The molecule has 2 aliphatic heterocycles. The molecular formula is C24H16CuN6O10. The number of nitrogens with zero attached hydrogens (tertiary/aromatic N) is 4. The van der Waals surface area contributed by atoms with Crippen LogP contribution in [-0.2, 0) is 17.1 Å². The van der Waals surface area contributed by atoms with E-state index < -0.39 is 33.8 Å². The second-order valence-corrected chi connectivity index (χ2v) is 7.83. The van der Waals surface area contributed by atoms with E-state index in [2.05, 4.69) is 0 Å². The third kappa shape index (κ3) is 6.57. The number of nitrogens with two attached hydrogens (primary N) is 2. The predicted molar refractivity (Wildman–Crippen MR) is 138 cm³/mol. The van der Waals surface area contributed by atoms with Crippen LogP contribution in [0.25, 0.3) is 21.5 Å². The molecule has 4 amide bonds. The number of carbonyl (C=O) groups is 4. The molecule has 16 nitrogen and oxygen atoms in total. The molecule has 213 valence electrons.